The van der Waals surface area contributed by atoms with Gasteiger partial charge in [0.1, 0.15) is 0 Å². The quantitative estimate of drug-likeness (QED) is 0.826. The summed E-state index contributed by atoms with van der Waals surface area (Å²) in [5.74, 6) is 0.845. The summed E-state index contributed by atoms with van der Waals surface area (Å²) in [6.07, 6.45) is 4.09. The molecular weight excluding hydrogens is 220 g/mol. The minimum Gasteiger partial charge on any atom is -0.312 e. The van der Waals surface area contributed by atoms with Crippen LogP contribution in [-0.2, 0) is 0 Å². The summed E-state index contributed by atoms with van der Waals surface area (Å²) in [7, 11) is 0. The van der Waals surface area contributed by atoms with Crippen molar-refractivity contribution in [3.8, 4) is 0 Å². The standard InChI is InChI=1S/C16H34N2/c1-15(2,3)9-11-18-10-7-8-14(13-18)12-17-16(4,5)6/h14,17H,7-13H2,1-6H3. The van der Waals surface area contributed by atoms with E-state index in [2.05, 4.69) is 51.8 Å². The second-order valence-corrected chi connectivity index (χ2v) is 8.25. The van der Waals surface area contributed by atoms with Crippen molar-refractivity contribution >= 4 is 0 Å². The van der Waals surface area contributed by atoms with Crippen molar-refractivity contribution in [1.82, 2.24) is 10.2 Å². The predicted molar refractivity (Wildman–Crippen MR) is 81.0 cm³/mol. The normalized spacial score (nSPS) is 23.3. The fourth-order valence-electron chi connectivity index (χ4n) is 2.47. The molecule has 0 aliphatic carbocycles. The van der Waals surface area contributed by atoms with Crippen LogP contribution in [0.25, 0.3) is 0 Å². The Kier molecular flexibility index (Phi) is 5.67. The fourth-order valence-corrected chi connectivity index (χ4v) is 2.47. The molecule has 0 radical (unpaired) electrons. The number of nitrogens with zero attached hydrogens (tertiary/aromatic N) is 1. The van der Waals surface area contributed by atoms with Crippen LogP contribution in [0.2, 0.25) is 0 Å². The van der Waals surface area contributed by atoms with Crippen LogP contribution in [0.1, 0.15) is 60.8 Å². The van der Waals surface area contributed by atoms with Gasteiger partial charge in [-0.15, -0.1) is 0 Å². The van der Waals surface area contributed by atoms with Crippen LogP contribution >= 0.6 is 0 Å². The van der Waals surface area contributed by atoms with Gasteiger partial charge >= 0.3 is 0 Å². The first-order valence-corrected chi connectivity index (χ1v) is 7.63. The number of hydrogen-bond acceptors (Lipinski definition) is 2. The van der Waals surface area contributed by atoms with E-state index in [1.165, 1.54) is 45.4 Å². The average Bonchev–Trinajstić information content (AvgIpc) is 2.22. The number of nitrogens with one attached hydrogen (secondary N) is 1. The van der Waals surface area contributed by atoms with Crippen molar-refractivity contribution in [3.63, 3.8) is 0 Å². The second kappa shape index (κ2) is 6.38. The molecule has 1 atom stereocenters. The maximum absolute atomic E-state index is 3.66. The van der Waals surface area contributed by atoms with E-state index in [9.17, 15) is 0 Å². The van der Waals surface area contributed by atoms with E-state index in [1.54, 1.807) is 0 Å². The Bertz CT molecular complexity index is 210. The Morgan fingerprint density at radius 3 is 2.33 bits per heavy atom. The van der Waals surface area contributed by atoms with Crippen LogP contribution in [0.3, 0.4) is 0 Å². The van der Waals surface area contributed by atoms with E-state index < -0.39 is 0 Å². The molecule has 2 nitrogen and oxygen atoms in total. The molecule has 1 aliphatic heterocycles. The summed E-state index contributed by atoms with van der Waals surface area (Å²) in [4.78, 5) is 2.67. The molecular formula is C16H34N2. The Labute approximate surface area is 115 Å². The third kappa shape index (κ3) is 7.38. The highest BCUT2D eigenvalue weighted by atomic mass is 15.1. The van der Waals surface area contributed by atoms with Crippen molar-refractivity contribution in [2.45, 2.75) is 66.3 Å². The molecule has 0 bridgehead atoms. The Morgan fingerprint density at radius 2 is 1.78 bits per heavy atom. The molecule has 1 saturated heterocycles. The van der Waals surface area contributed by atoms with Gasteiger partial charge in [-0.25, -0.2) is 0 Å². The van der Waals surface area contributed by atoms with Gasteiger partial charge in [0.15, 0.2) is 0 Å². The zero-order valence-corrected chi connectivity index (χ0v) is 13.5. The van der Waals surface area contributed by atoms with E-state index >= 15 is 0 Å². The van der Waals surface area contributed by atoms with Gasteiger partial charge in [-0.2, -0.15) is 0 Å². The van der Waals surface area contributed by atoms with Gasteiger partial charge in [-0.05, 0) is 71.0 Å². The maximum Gasteiger partial charge on any atom is 0.00966 e. The number of likely N-dealkylation sites (tertiary alicyclic amines) is 1. The minimum absolute atomic E-state index is 0.258. The maximum atomic E-state index is 3.66. The first-order chi connectivity index (χ1) is 8.16. The van der Waals surface area contributed by atoms with Crippen LogP contribution in [0.4, 0.5) is 0 Å². The van der Waals surface area contributed by atoms with E-state index in [1.807, 2.05) is 0 Å². The highest BCUT2D eigenvalue weighted by Crippen LogP contribution is 2.22. The number of hydrogen-bond donors (Lipinski definition) is 1. The van der Waals surface area contributed by atoms with Crippen LogP contribution in [0.15, 0.2) is 0 Å². The molecule has 1 rings (SSSR count). The molecule has 0 aromatic carbocycles. The van der Waals surface area contributed by atoms with Crippen LogP contribution in [0.5, 0.6) is 0 Å². The van der Waals surface area contributed by atoms with Gasteiger partial charge in [-0.1, -0.05) is 20.8 Å². The van der Waals surface area contributed by atoms with E-state index in [-0.39, 0.29) is 5.54 Å². The zero-order valence-electron chi connectivity index (χ0n) is 13.5. The van der Waals surface area contributed by atoms with Gasteiger partial charge in [-0.3, -0.25) is 0 Å². The summed E-state index contributed by atoms with van der Waals surface area (Å²) >= 11 is 0. The van der Waals surface area contributed by atoms with Gasteiger partial charge in [0.05, 0.1) is 0 Å². The summed E-state index contributed by atoms with van der Waals surface area (Å²) in [5, 5.41) is 3.66. The lowest BCUT2D eigenvalue weighted by Crippen LogP contribution is -2.45. The molecule has 108 valence electrons. The first kappa shape index (κ1) is 16.0. The zero-order chi connectivity index (χ0) is 13.8. The number of rotatable bonds is 4. The van der Waals surface area contributed by atoms with Gasteiger partial charge < -0.3 is 10.2 Å². The molecule has 18 heavy (non-hydrogen) atoms. The second-order valence-electron chi connectivity index (χ2n) is 8.25. The third-order valence-corrected chi connectivity index (χ3v) is 3.70. The van der Waals surface area contributed by atoms with Crippen molar-refractivity contribution in [3.05, 3.63) is 0 Å². The molecule has 0 aromatic rings. The largest absolute Gasteiger partial charge is 0.312 e. The smallest absolute Gasteiger partial charge is 0.00966 e. The fraction of sp³-hybridized carbons (Fsp3) is 1.00. The van der Waals surface area contributed by atoms with Gasteiger partial charge in [0.25, 0.3) is 0 Å². The first-order valence-electron chi connectivity index (χ1n) is 7.63. The predicted octanol–water partition coefficient (Wildman–Crippen LogP) is 3.52. The van der Waals surface area contributed by atoms with Crippen molar-refractivity contribution < 1.29 is 0 Å². The summed E-state index contributed by atoms with van der Waals surface area (Å²) < 4.78 is 0. The Morgan fingerprint density at radius 1 is 1.11 bits per heavy atom. The molecule has 1 unspecified atom stereocenters. The lowest BCUT2D eigenvalue weighted by atomic mass is 9.90. The highest BCUT2D eigenvalue weighted by molar-refractivity contribution is 4.79. The van der Waals surface area contributed by atoms with E-state index in [0.717, 1.165) is 5.92 Å². The molecule has 2 heteroatoms. The molecule has 1 fully saturated rings. The van der Waals surface area contributed by atoms with Crippen molar-refractivity contribution in [2.75, 3.05) is 26.2 Å². The Balaban J connectivity index is 2.28. The topological polar surface area (TPSA) is 15.3 Å². The summed E-state index contributed by atoms with van der Waals surface area (Å²) in [6.45, 7) is 18.8. The summed E-state index contributed by atoms with van der Waals surface area (Å²) in [6, 6.07) is 0. The minimum atomic E-state index is 0.258. The molecule has 1 aliphatic rings. The van der Waals surface area contributed by atoms with Gasteiger partial charge in [0.2, 0.25) is 0 Å². The lowest BCUT2D eigenvalue weighted by molar-refractivity contribution is 0.149. The Hall–Kier alpha value is -0.0800. The monoisotopic (exact) mass is 254 g/mol. The molecule has 1 N–H and O–H groups in total. The van der Waals surface area contributed by atoms with Crippen LogP contribution < -0.4 is 5.32 Å². The lowest BCUT2D eigenvalue weighted by Gasteiger charge is -2.35. The van der Waals surface area contributed by atoms with Crippen molar-refractivity contribution in [2.24, 2.45) is 11.3 Å². The van der Waals surface area contributed by atoms with E-state index in [4.69, 9.17) is 0 Å². The van der Waals surface area contributed by atoms with Crippen molar-refractivity contribution in [1.29, 1.82) is 0 Å². The average molecular weight is 254 g/mol. The van der Waals surface area contributed by atoms with Crippen LogP contribution in [0, 0.1) is 11.3 Å². The number of piperidine rings is 1. The molecule has 1 heterocycles. The molecule has 0 saturated carbocycles. The molecule has 0 aromatic heterocycles. The van der Waals surface area contributed by atoms with Gasteiger partial charge in [0, 0.05) is 12.1 Å². The molecule has 0 amide bonds. The highest BCUT2D eigenvalue weighted by Gasteiger charge is 2.22. The van der Waals surface area contributed by atoms with E-state index in [0.29, 0.717) is 5.41 Å². The summed E-state index contributed by atoms with van der Waals surface area (Å²) in [5.41, 5.74) is 0.726. The SMILES string of the molecule is CC(C)(C)CCN1CCCC(CNC(C)(C)C)C1. The van der Waals surface area contributed by atoms with Crippen LogP contribution in [-0.4, -0.2) is 36.6 Å². The third-order valence-electron chi connectivity index (χ3n) is 3.70. The molecule has 0 spiro atoms.